The molecular weight excluding hydrogens is 318 g/mol. The topological polar surface area (TPSA) is 100.0 Å². The minimum atomic E-state index is -0.296. The van der Waals surface area contributed by atoms with Crippen LogP contribution in [0.25, 0.3) is 0 Å². The lowest BCUT2D eigenvalue weighted by molar-refractivity contribution is -0.116. The van der Waals surface area contributed by atoms with E-state index in [2.05, 4.69) is 27.5 Å². The lowest BCUT2D eigenvalue weighted by Gasteiger charge is -2.27. The number of nitrogens with zero attached hydrogens (tertiary/aromatic N) is 2. The van der Waals surface area contributed by atoms with E-state index >= 15 is 0 Å². The number of ether oxygens (including phenoxy) is 1. The molecule has 0 radical (unpaired) electrons. The lowest BCUT2D eigenvalue weighted by Crippen LogP contribution is -2.43. The molecule has 134 valence electrons. The van der Waals surface area contributed by atoms with Crippen LogP contribution in [-0.2, 0) is 9.53 Å². The smallest absolute Gasteiger partial charge is 0.269 e. The number of allylic oxidation sites excluding steroid dienone is 1. The molecule has 0 spiro atoms. The van der Waals surface area contributed by atoms with E-state index < -0.39 is 0 Å². The molecule has 1 fully saturated rings. The van der Waals surface area contributed by atoms with Gasteiger partial charge in [-0.1, -0.05) is 6.92 Å². The van der Waals surface area contributed by atoms with Crippen molar-refractivity contribution in [2.24, 2.45) is 5.92 Å². The Balaban J connectivity index is 1.73. The van der Waals surface area contributed by atoms with Crippen LogP contribution in [0.5, 0.6) is 0 Å². The molecule has 3 N–H and O–H groups in total. The zero-order valence-electron chi connectivity index (χ0n) is 14.5. The third-order valence-corrected chi connectivity index (χ3v) is 4.73. The van der Waals surface area contributed by atoms with Crippen LogP contribution in [0.1, 0.15) is 39.0 Å². The van der Waals surface area contributed by atoms with Gasteiger partial charge in [0.25, 0.3) is 5.91 Å². The summed E-state index contributed by atoms with van der Waals surface area (Å²) in [6.07, 6.45) is 9.01. The second-order valence-electron chi connectivity index (χ2n) is 6.76. The summed E-state index contributed by atoms with van der Waals surface area (Å²) >= 11 is 0. The molecule has 1 aromatic heterocycles. The van der Waals surface area contributed by atoms with Crippen molar-refractivity contribution in [2.45, 2.75) is 45.1 Å². The Labute approximate surface area is 147 Å². The van der Waals surface area contributed by atoms with E-state index in [9.17, 15) is 4.79 Å². The molecule has 25 heavy (non-hydrogen) atoms. The highest BCUT2D eigenvalue weighted by Crippen LogP contribution is 2.30. The summed E-state index contributed by atoms with van der Waals surface area (Å²) in [5, 5.41) is 14.6. The van der Waals surface area contributed by atoms with Gasteiger partial charge in [0, 0.05) is 42.9 Å². The van der Waals surface area contributed by atoms with Gasteiger partial charge < -0.3 is 15.4 Å². The van der Waals surface area contributed by atoms with Crippen molar-refractivity contribution in [2.75, 3.05) is 18.5 Å². The Kier molecular flexibility index (Phi) is 5.75. The van der Waals surface area contributed by atoms with E-state index in [0.29, 0.717) is 24.9 Å². The largest absolute Gasteiger partial charge is 0.381 e. The molecule has 0 aromatic carbocycles. The van der Waals surface area contributed by atoms with Crippen molar-refractivity contribution < 1.29 is 9.53 Å². The fourth-order valence-corrected chi connectivity index (χ4v) is 3.27. The van der Waals surface area contributed by atoms with Gasteiger partial charge in [-0.3, -0.25) is 15.2 Å². The predicted molar refractivity (Wildman–Crippen MR) is 95.4 cm³/mol. The zero-order chi connectivity index (χ0) is 17.6. The van der Waals surface area contributed by atoms with Gasteiger partial charge in [0.1, 0.15) is 11.5 Å². The average molecular weight is 343 g/mol. The highest BCUT2D eigenvalue weighted by atomic mass is 16.5. The summed E-state index contributed by atoms with van der Waals surface area (Å²) in [6, 6.07) is 0.0983. The number of amides is 1. The fourth-order valence-electron chi connectivity index (χ4n) is 3.27. The molecule has 0 bridgehead atoms. The van der Waals surface area contributed by atoms with Gasteiger partial charge in [0.2, 0.25) is 0 Å². The molecular formula is C18H25N5O2. The van der Waals surface area contributed by atoms with E-state index in [-0.39, 0.29) is 17.7 Å². The third-order valence-electron chi connectivity index (χ3n) is 4.73. The van der Waals surface area contributed by atoms with Gasteiger partial charge in [0.15, 0.2) is 0 Å². The number of hydrogen-bond acceptors (Lipinski definition) is 6. The predicted octanol–water partition coefficient (Wildman–Crippen LogP) is 2.28. The van der Waals surface area contributed by atoms with E-state index in [1.165, 1.54) is 0 Å². The Hall–Kier alpha value is -2.28. The highest BCUT2D eigenvalue weighted by Gasteiger charge is 2.26. The molecule has 0 saturated carbocycles. The molecule has 1 atom stereocenters. The molecule has 1 amide bonds. The Morgan fingerprint density at radius 3 is 2.80 bits per heavy atom. The van der Waals surface area contributed by atoms with Crippen molar-refractivity contribution in [3.8, 4) is 0 Å². The fraction of sp³-hybridized carbons (Fsp3) is 0.556. The van der Waals surface area contributed by atoms with Crippen molar-refractivity contribution >= 4 is 17.4 Å². The molecule has 2 heterocycles. The van der Waals surface area contributed by atoms with Gasteiger partial charge in [-0.15, -0.1) is 0 Å². The number of nitrogens with one attached hydrogen (secondary N) is 3. The van der Waals surface area contributed by atoms with Crippen LogP contribution >= 0.6 is 0 Å². The lowest BCUT2D eigenvalue weighted by atomic mass is 9.86. The Bertz CT molecular complexity index is 653. The SMILES string of the molecule is CC1CCC(C(=N)C(=O)NC2CCOCC2)=C(Nc2cnccn2)C1. The van der Waals surface area contributed by atoms with E-state index in [4.69, 9.17) is 10.1 Å². The van der Waals surface area contributed by atoms with Crippen LogP contribution in [0.4, 0.5) is 5.82 Å². The molecule has 7 heteroatoms. The first-order chi connectivity index (χ1) is 12.1. The first-order valence-corrected chi connectivity index (χ1v) is 8.86. The summed E-state index contributed by atoms with van der Waals surface area (Å²) in [7, 11) is 0. The number of anilines is 1. The first-order valence-electron chi connectivity index (χ1n) is 8.86. The van der Waals surface area contributed by atoms with Crippen molar-refractivity contribution in [3.63, 3.8) is 0 Å². The summed E-state index contributed by atoms with van der Waals surface area (Å²) in [6.45, 7) is 3.51. The molecule has 2 aliphatic rings. The summed E-state index contributed by atoms with van der Waals surface area (Å²) < 4.78 is 5.32. The number of aromatic nitrogens is 2. The normalized spacial score (nSPS) is 21.7. The van der Waals surface area contributed by atoms with Crippen molar-refractivity contribution in [3.05, 3.63) is 29.9 Å². The quantitative estimate of drug-likeness (QED) is 0.712. The Morgan fingerprint density at radius 1 is 1.28 bits per heavy atom. The highest BCUT2D eigenvalue weighted by molar-refractivity contribution is 6.44. The average Bonchev–Trinajstić information content (AvgIpc) is 2.63. The van der Waals surface area contributed by atoms with Crippen LogP contribution < -0.4 is 10.6 Å². The van der Waals surface area contributed by atoms with Crippen LogP contribution in [0, 0.1) is 11.3 Å². The van der Waals surface area contributed by atoms with Crippen LogP contribution in [0.15, 0.2) is 29.9 Å². The van der Waals surface area contributed by atoms with Gasteiger partial charge in [-0.05, 0) is 38.0 Å². The van der Waals surface area contributed by atoms with Gasteiger partial charge >= 0.3 is 0 Å². The molecule has 7 nitrogen and oxygen atoms in total. The number of carbonyl (C=O) groups is 1. The maximum absolute atomic E-state index is 12.5. The molecule has 1 aliphatic heterocycles. The molecule has 3 rings (SSSR count). The molecule has 1 aliphatic carbocycles. The van der Waals surface area contributed by atoms with Gasteiger partial charge in [-0.25, -0.2) is 4.98 Å². The van der Waals surface area contributed by atoms with Crippen LogP contribution in [-0.4, -0.2) is 40.8 Å². The summed E-state index contributed by atoms with van der Waals surface area (Å²) in [4.78, 5) is 20.8. The Morgan fingerprint density at radius 2 is 2.08 bits per heavy atom. The number of carbonyl (C=O) groups excluding carboxylic acids is 1. The summed E-state index contributed by atoms with van der Waals surface area (Å²) in [5.41, 5.74) is 1.75. The van der Waals surface area contributed by atoms with Gasteiger partial charge in [0.05, 0.1) is 6.20 Å². The zero-order valence-corrected chi connectivity index (χ0v) is 14.5. The monoisotopic (exact) mass is 343 g/mol. The minimum absolute atomic E-state index is 0.0600. The molecule has 1 unspecified atom stereocenters. The van der Waals surface area contributed by atoms with Crippen molar-refractivity contribution in [1.82, 2.24) is 15.3 Å². The van der Waals surface area contributed by atoms with Crippen LogP contribution in [0.2, 0.25) is 0 Å². The standard InChI is InChI=1S/C18H25N5O2/c1-12-2-3-14(15(10-12)23-16-11-20-6-7-21-16)17(19)18(24)22-13-4-8-25-9-5-13/h6-7,11-13,19H,2-5,8-10H2,1H3,(H,21,23)(H,22,24). The maximum atomic E-state index is 12.5. The molecule has 1 saturated heterocycles. The first kappa shape index (κ1) is 17.5. The minimum Gasteiger partial charge on any atom is -0.381 e. The number of rotatable bonds is 5. The van der Waals surface area contributed by atoms with E-state index in [1.54, 1.807) is 18.6 Å². The molecule has 1 aromatic rings. The number of hydrogen-bond donors (Lipinski definition) is 3. The van der Waals surface area contributed by atoms with E-state index in [0.717, 1.165) is 43.4 Å². The van der Waals surface area contributed by atoms with Crippen molar-refractivity contribution in [1.29, 1.82) is 5.41 Å². The second kappa shape index (κ2) is 8.20. The third kappa shape index (κ3) is 4.63. The van der Waals surface area contributed by atoms with Crippen LogP contribution in [0.3, 0.4) is 0 Å². The van der Waals surface area contributed by atoms with E-state index in [1.807, 2.05) is 0 Å². The van der Waals surface area contributed by atoms with Gasteiger partial charge in [-0.2, -0.15) is 0 Å². The maximum Gasteiger partial charge on any atom is 0.269 e. The second-order valence-corrected chi connectivity index (χ2v) is 6.76. The summed E-state index contributed by atoms with van der Waals surface area (Å²) in [5.74, 6) is 0.853.